The molecule has 1 amide bonds. The van der Waals surface area contributed by atoms with Crippen molar-refractivity contribution in [3.05, 3.63) is 35.0 Å². The minimum atomic E-state index is -1.53. The van der Waals surface area contributed by atoms with E-state index in [0.29, 0.717) is 0 Å². The maximum atomic E-state index is 12.5. The highest BCUT2D eigenvalue weighted by Gasteiger charge is 2.21. The maximum absolute atomic E-state index is 12.5. The molecule has 0 bridgehead atoms. The first-order valence-electron chi connectivity index (χ1n) is 6.12. The summed E-state index contributed by atoms with van der Waals surface area (Å²) in [5.41, 5.74) is 3.07. The SMILES string of the molecule is Cc1cc(C)c2cc(C(=O)NC(CF)C(=O)O)[nH]c2c1. The quantitative estimate of drug-likeness (QED) is 0.799. The van der Waals surface area contributed by atoms with Gasteiger partial charge in [-0.1, -0.05) is 6.07 Å². The van der Waals surface area contributed by atoms with Gasteiger partial charge >= 0.3 is 5.97 Å². The van der Waals surface area contributed by atoms with E-state index < -0.39 is 24.6 Å². The van der Waals surface area contributed by atoms with Crippen LogP contribution in [0.1, 0.15) is 21.6 Å². The Kier molecular flexibility index (Phi) is 3.74. The first kappa shape index (κ1) is 14.0. The molecular formula is C14H15FN2O3. The van der Waals surface area contributed by atoms with Crippen LogP contribution >= 0.6 is 0 Å². The lowest BCUT2D eigenvalue weighted by molar-refractivity contribution is -0.139. The van der Waals surface area contributed by atoms with Crippen molar-refractivity contribution in [1.29, 1.82) is 0 Å². The average Bonchev–Trinajstić information content (AvgIpc) is 2.79. The summed E-state index contributed by atoms with van der Waals surface area (Å²) in [6.07, 6.45) is 0. The van der Waals surface area contributed by atoms with Gasteiger partial charge in [0.05, 0.1) is 0 Å². The van der Waals surface area contributed by atoms with Crippen molar-refractivity contribution >= 4 is 22.8 Å². The summed E-state index contributed by atoms with van der Waals surface area (Å²) < 4.78 is 12.5. The zero-order valence-electron chi connectivity index (χ0n) is 11.2. The number of carbonyl (C=O) groups is 2. The summed E-state index contributed by atoms with van der Waals surface area (Å²) in [6.45, 7) is 2.71. The molecule has 106 valence electrons. The van der Waals surface area contributed by atoms with E-state index in [1.807, 2.05) is 26.0 Å². The molecule has 0 aliphatic carbocycles. The second kappa shape index (κ2) is 5.32. The van der Waals surface area contributed by atoms with E-state index in [1.54, 1.807) is 6.07 Å². The van der Waals surface area contributed by atoms with Crippen molar-refractivity contribution in [2.75, 3.05) is 6.67 Å². The molecule has 6 heteroatoms. The number of carboxylic acids is 1. The van der Waals surface area contributed by atoms with Gasteiger partial charge in [0.2, 0.25) is 0 Å². The average molecular weight is 278 g/mol. The number of aromatic amines is 1. The van der Waals surface area contributed by atoms with Crippen LogP contribution < -0.4 is 5.32 Å². The molecule has 2 aromatic rings. The van der Waals surface area contributed by atoms with Gasteiger partial charge in [0.25, 0.3) is 5.91 Å². The number of aryl methyl sites for hydroxylation is 2. The lowest BCUT2D eigenvalue weighted by Crippen LogP contribution is -2.42. The number of carboxylic acid groups (broad SMARTS) is 1. The topological polar surface area (TPSA) is 82.2 Å². The molecule has 0 saturated carbocycles. The number of hydrogen-bond acceptors (Lipinski definition) is 2. The number of halogens is 1. The van der Waals surface area contributed by atoms with E-state index in [-0.39, 0.29) is 5.69 Å². The molecule has 2 rings (SSSR count). The molecule has 1 atom stereocenters. The van der Waals surface area contributed by atoms with Gasteiger partial charge in [-0.3, -0.25) is 4.79 Å². The second-order valence-corrected chi connectivity index (χ2v) is 4.74. The highest BCUT2D eigenvalue weighted by Crippen LogP contribution is 2.21. The molecule has 0 saturated heterocycles. The van der Waals surface area contributed by atoms with Crippen molar-refractivity contribution in [3.8, 4) is 0 Å². The number of H-pyrrole nitrogens is 1. The van der Waals surface area contributed by atoms with Crippen molar-refractivity contribution in [2.45, 2.75) is 19.9 Å². The number of alkyl halides is 1. The van der Waals surface area contributed by atoms with Gasteiger partial charge in [0.1, 0.15) is 12.4 Å². The normalized spacial score (nSPS) is 12.3. The number of benzene rings is 1. The highest BCUT2D eigenvalue weighted by atomic mass is 19.1. The second-order valence-electron chi connectivity index (χ2n) is 4.74. The van der Waals surface area contributed by atoms with Gasteiger partial charge in [0, 0.05) is 10.9 Å². The molecule has 1 unspecified atom stereocenters. The third kappa shape index (κ3) is 2.64. The van der Waals surface area contributed by atoms with Crippen molar-refractivity contribution in [3.63, 3.8) is 0 Å². The predicted molar refractivity (Wildman–Crippen MR) is 72.6 cm³/mol. The molecule has 0 aliphatic rings. The van der Waals surface area contributed by atoms with Crippen molar-refractivity contribution < 1.29 is 19.1 Å². The standard InChI is InChI=1S/C14H15FN2O3/c1-7-3-8(2)9-5-11(16-10(9)4-7)13(18)17-12(6-15)14(19)20/h3-5,12,16H,6H2,1-2H3,(H,17,18)(H,19,20). The van der Waals surface area contributed by atoms with Crippen LogP contribution in [-0.4, -0.2) is 34.7 Å². The minimum absolute atomic E-state index is 0.216. The van der Waals surface area contributed by atoms with E-state index in [0.717, 1.165) is 22.0 Å². The number of rotatable bonds is 4. The molecular weight excluding hydrogens is 263 g/mol. The lowest BCUT2D eigenvalue weighted by atomic mass is 10.1. The Morgan fingerprint density at radius 1 is 1.35 bits per heavy atom. The summed E-state index contributed by atoms with van der Waals surface area (Å²) in [6, 6.07) is 3.98. The number of amides is 1. The van der Waals surface area contributed by atoms with Crippen LogP contribution in [0.4, 0.5) is 4.39 Å². The van der Waals surface area contributed by atoms with Gasteiger partial charge in [-0.2, -0.15) is 0 Å². The first-order valence-corrected chi connectivity index (χ1v) is 6.12. The van der Waals surface area contributed by atoms with E-state index in [9.17, 15) is 14.0 Å². The molecule has 0 fully saturated rings. The maximum Gasteiger partial charge on any atom is 0.328 e. The zero-order valence-corrected chi connectivity index (χ0v) is 11.2. The summed E-state index contributed by atoms with van der Waals surface area (Å²) in [4.78, 5) is 25.5. The Hall–Kier alpha value is -2.37. The Morgan fingerprint density at radius 2 is 2.05 bits per heavy atom. The van der Waals surface area contributed by atoms with Crippen LogP contribution in [0, 0.1) is 13.8 Å². The fourth-order valence-electron chi connectivity index (χ4n) is 2.12. The highest BCUT2D eigenvalue weighted by molar-refractivity contribution is 6.00. The van der Waals surface area contributed by atoms with Crippen LogP contribution in [0.3, 0.4) is 0 Å². The van der Waals surface area contributed by atoms with Crippen LogP contribution in [-0.2, 0) is 4.79 Å². The zero-order chi connectivity index (χ0) is 14.9. The Labute approximate surface area is 114 Å². The van der Waals surface area contributed by atoms with E-state index in [1.165, 1.54) is 0 Å². The number of aliphatic carboxylic acids is 1. The predicted octanol–water partition coefficient (Wildman–Crippen LogP) is 1.94. The largest absolute Gasteiger partial charge is 0.480 e. The number of nitrogens with one attached hydrogen (secondary N) is 2. The molecule has 0 radical (unpaired) electrons. The summed E-state index contributed by atoms with van der Waals surface area (Å²) in [7, 11) is 0. The smallest absolute Gasteiger partial charge is 0.328 e. The number of hydrogen-bond donors (Lipinski definition) is 3. The fraction of sp³-hybridized carbons (Fsp3) is 0.286. The van der Waals surface area contributed by atoms with Crippen LogP contribution in [0.25, 0.3) is 10.9 Å². The van der Waals surface area contributed by atoms with Crippen LogP contribution in [0.5, 0.6) is 0 Å². The van der Waals surface area contributed by atoms with E-state index in [4.69, 9.17) is 5.11 Å². The van der Waals surface area contributed by atoms with Gasteiger partial charge < -0.3 is 15.4 Å². The van der Waals surface area contributed by atoms with E-state index >= 15 is 0 Å². The summed E-state index contributed by atoms with van der Waals surface area (Å²) in [5.74, 6) is -2.03. The number of fused-ring (bicyclic) bond motifs is 1. The first-order chi connectivity index (χ1) is 9.42. The Balaban J connectivity index is 2.31. The van der Waals surface area contributed by atoms with Crippen molar-refractivity contribution in [1.82, 2.24) is 10.3 Å². The third-order valence-electron chi connectivity index (χ3n) is 3.09. The van der Waals surface area contributed by atoms with Gasteiger partial charge in [0.15, 0.2) is 6.04 Å². The molecule has 3 N–H and O–H groups in total. The molecule has 0 spiro atoms. The van der Waals surface area contributed by atoms with Gasteiger partial charge in [-0.25, -0.2) is 9.18 Å². The van der Waals surface area contributed by atoms with Crippen molar-refractivity contribution in [2.24, 2.45) is 0 Å². The Bertz CT molecular complexity index is 678. The molecule has 0 aliphatic heterocycles. The van der Waals surface area contributed by atoms with Gasteiger partial charge in [-0.05, 0) is 37.1 Å². The number of carbonyl (C=O) groups excluding carboxylic acids is 1. The van der Waals surface area contributed by atoms with Crippen LogP contribution in [0.2, 0.25) is 0 Å². The van der Waals surface area contributed by atoms with E-state index in [2.05, 4.69) is 10.3 Å². The molecule has 20 heavy (non-hydrogen) atoms. The molecule has 5 nitrogen and oxygen atoms in total. The fourth-order valence-corrected chi connectivity index (χ4v) is 2.12. The minimum Gasteiger partial charge on any atom is -0.480 e. The monoisotopic (exact) mass is 278 g/mol. The van der Waals surface area contributed by atoms with Crippen LogP contribution in [0.15, 0.2) is 18.2 Å². The lowest BCUT2D eigenvalue weighted by Gasteiger charge is -2.09. The molecule has 1 aromatic heterocycles. The summed E-state index contributed by atoms with van der Waals surface area (Å²) in [5, 5.41) is 11.7. The number of aromatic nitrogens is 1. The summed E-state index contributed by atoms with van der Waals surface area (Å²) >= 11 is 0. The molecule has 1 aromatic carbocycles. The third-order valence-corrected chi connectivity index (χ3v) is 3.09. The molecule has 1 heterocycles. The van der Waals surface area contributed by atoms with Gasteiger partial charge in [-0.15, -0.1) is 0 Å². The Morgan fingerprint density at radius 3 is 2.65 bits per heavy atom.